The fraction of sp³-hybridized carbons (Fsp3) is 0.103. The minimum absolute atomic E-state index is 0.216. The first-order valence-electron chi connectivity index (χ1n) is 10.9. The monoisotopic (exact) mass is 414 g/mol. The highest BCUT2D eigenvalue weighted by atomic mass is 19.1. The van der Waals surface area contributed by atoms with Crippen LogP contribution >= 0.6 is 0 Å². The van der Waals surface area contributed by atoms with E-state index in [-0.39, 0.29) is 11.2 Å². The summed E-state index contributed by atoms with van der Waals surface area (Å²) in [5.74, 6) is -0.216. The number of benzene rings is 4. The van der Waals surface area contributed by atoms with Crippen molar-refractivity contribution < 1.29 is 4.39 Å². The molecule has 2 nitrogen and oxygen atoms in total. The van der Waals surface area contributed by atoms with E-state index < -0.39 is 0 Å². The van der Waals surface area contributed by atoms with E-state index in [1.54, 1.807) is 6.07 Å². The molecule has 2 aromatic heterocycles. The first kappa shape index (κ1) is 17.8. The fourth-order valence-electron chi connectivity index (χ4n) is 5.48. The molecular formula is C29H19FN2. The van der Waals surface area contributed by atoms with Gasteiger partial charge in [-0.15, -0.1) is 0 Å². The molecule has 0 amide bonds. The van der Waals surface area contributed by atoms with Crippen molar-refractivity contribution in [3.8, 4) is 11.3 Å². The van der Waals surface area contributed by atoms with E-state index >= 15 is 0 Å². The summed E-state index contributed by atoms with van der Waals surface area (Å²) in [6.45, 7) is 4.46. The summed E-state index contributed by atoms with van der Waals surface area (Å²) in [5.41, 5.74) is 4.97. The van der Waals surface area contributed by atoms with Crippen molar-refractivity contribution in [1.29, 1.82) is 0 Å². The summed E-state index contributed by atoms with van der Waals surface area (Å²) in [5, 5.41) is 7.61. The van der Waals surface area contributed by atoms with Gasteiger partial charge in [-0.3, -0.25) is 9.97 Å². The van der Waals surface area contributed by atoms with Gasteiger partial charge in [-0.25, -0.2) is 4.39 Å². The molecule has 2 heterocycles. The molecule has 7 rings (SSSR count). The largest absolute Gasteiger partial charge is 0.256 e. The Morgan fingerprint density at radius 3 is 2.50 bits per heavy atom. The lowest BCUT2D eigenvalue weighted by molar-refractivity contribution is 0.624. The lowest BCUT2D eigenvalue weighted by Gasteiger charge is -2.34. The zero-order valence-corrected chi connectivity index (χ0v) is 17.8. The molecule has 3 heteroatoms. The molecule has 0 atom stereocenters. The average molecular weight is 414 g/mol. The fourth-order valence-corrected chi connectivity index (χ4v) is 5.48. The maximum atomic E-state index is 14.2. The molecule has 1 aliphatic carbocycles. The van der Waals surface area contributed by atoms with E-state index in [1.165, 1.54) is 17.0 Å². The van der Waals surface area contributed by atoms with Gasteiger partial charge < -0.3 is 0 Å². The van der Waals surface area contributed by atoms with Crippen LogP contribution in [-0.2, 0) is 5.41 Å². The van der Waals surface area contributed by atoms with E-state index in [9.17, 15) is 4.39 Å². The first-order chi connectivity index (χ1) is 15.5. The summed E-state index contributed by atoms with van der Waals surface area (Å²) in [6, 6.07) is 24.0. The maximum absolute atomic E-state index is 14.2. The number of pyridine rings is 2. The van der Waals surface area contributed by atoms with Crippen LogP contribution in [0, 0.1) is 5.82 Å². The lowest BCUT2D eigenvalue weighted by atomic mass is 9.71. The number of para-hydroxylation sites is 1. The third-order valence-corrected chi connectivity index (χ3v) is 7.07. The third kappa shape index (κ3) is 2.18. The van der Waals surface area contributed by atoms with Gasteiger partial charge in [0.1, 0.15) is 5.82 Å². The third-order valence-electron chi connectivity index (χ3n) is 7.07. The zero-order valence-electron chi connectivity index (χ0n) is 17.8. The minimum atomic E-state index is -0.322. The topological polar surface area (TPSA) is 25.8 Å². The molecule has 0 bridgehead atoms. The van der Waals surface area contributed by atoms with Gasteiger partial charge in [0.15, 0.2) is 0 Å². The van der Waals surface area contributed by atoms with E-state index in [2.05, 4.69) is 56.3 Å². The molecule has 6 aromatic rings. The van der Waals surface area contributed by atoms with Gasteiger partial charge in [-0.05, 0) is 68.9 Å². The maximum Gasteiger partial charge on any atom is 0.123 e. The molecule has 152 valence electrons. The number of nitrogens with zero attached hydrogens (tertiary/aromatic N) is 2. The van der Waals surface area contributed by atoms with Crippen molar-refractivity contribution in [2.45, 2.75) is 19.3 Å². The normalized spacial score (nSPS) is 14.3. The zero-order chi connectivity index (χ0) is 21.6. The van der Waals surface area contributed by atoms with Gasteiger partial charge >= 0.3 is 0 Å². The Hall–Kier alpha value is -3.85. The molecule has 0 saturated carbocycles. The standard InChI is InChI=1S/C29H19FN2/c1-29(2)24-15-22-19(10-8-16-7-9-18(30)14-21(16)22)20-11-12-31-27(26(20)24)23-13-17-5-3-4-6-25(17)32-28(23)29/h3-15H,1-2H3. The smallest absolute Gasteiger partial charge is 0.123 e. The van der Waals surface area contributed by atoms with Gasteiger partial charge in [0.2, 0.25) is 0 Å². The quantitative estimate of drug-likeness (QED) is 0.240. The van der Waals surface area contributed by atoms with Crippen molar-refractivity contribution >= 4 is 43.2 Å². The number of hydrogen-bond donors (Lipinski definition) is 0. The molecule has 0 spiro atoms. The molecule has 0 N–H and O–H groups in total. The van der Waals surface area contributed by atoms with Crippen molar-refractivity contribution in [2.75, 3.05) is 0 Å². The minimum Gasteiger partial charge on any atom is -0.256 e. The second-order valence-corrected chi connectivity index (χ2v) is 9.23. The van der Waals surface area contributed by atoms with Gasteiger partial charge in [-0.2, -0.15) is 0 Å². The number of halogens is 1. The first-order valence-corrected chi connectivity index (χ1v) is 10.9. The van der Waals surface area contributed by atoms with Crippen LogP contribution in [0.4, 0.5) is 4.39 Å². The summed E-state index contributed by atoms with van der Waals surface area (Å²) in [6.07, 6.45) is 1.88. The second-order valence-electron chi connectivity index (χ2n) is 9.23. The van der Waals surface area contributed by atoms with E-state index in [4.69, 9.17) is 9.97 Å². The summed E-state index contributed by atoms with van der Waals surface area (Å²) >= 11 is 0. The van der Waals surface area contributed by atoms with Crippen molar-refractivity contribution in [3.63, 3.8) is 0 Å². The Balaban J connectivity index is 1.71. The molecule has 32 heavy (non-hydrogen) atoms. The van der Waals surface area contributed by atoms with Crippen LogP contribution < -0.4 is 0 Å². The lowest BCUT2D eigenvalue weighted by Crippen LogP contribution is -2.25. The van der Waals surface area contributed by atoms with Crippen LogP contribution in [0.15, 0.2) is 79.0 Å². The second kappa shape index (κ2) is 5.89. The van der Waals surface area contributed by atoms with Crippen molar-refractivity contribution in [3.05, 3.63) is 96.1 Å². The Kier molecular flexibility index (Phi) is 3.27. The van der Waals surface area contributed by atoms with Crippen molar-refractivity contribution in [2.24, 2.45) is 0 Å². The molecule has 0 unspecified atom stereocenters. The average Bonchev–Trinajstić information content (AvgIpc) is 2.81. The molecule has 4 aromatic carbocycles. The molecular weight excluding hydrogens is 395 g/mol. The number of aromatic nitrogens is 2. The molecule has 0 aliphatic heterocycles. The summed E-state index contributed by atoms with van der Waals surface area (Å²) in [7, 11) is 0. The Labute approximate surface area is 184 Å². The Morgan fingerprint density at radius 2 is 1.59 bits per heavy atom. The number of hydrogen-bond acceptors (Lipinski definition) is 2. The van der Waals surface area contributed by atoms with Gasteiger partial charge in [0.05, 0.1) is 16.9 Å². The SMILES string of the molecule is CC1(C)c2nc3ccccc3cc2-c2nccc3c2c1cc1c2cc(F)ccc2ccc31. The van der Waals surface area contributed by atoms with E-state index in [0.29, 0.717) is 0 Å². The van der Waals surface area contributed by atoms with Gasteiger partial charge in [0.25, 0.3) is 0 Å². The van der Waals surface area contributed by atoms with Gasteiger partial charge in [-0.1, -0.05) is 50.2 Å². The highest BCUT2D eigenvalue weighted by Crippen LogP contribution is 2.50. The molecule has 0 fully saturated rings. The van der Waals surface area contributed by atoms with Crippen LogP contribution in [0.25, 0.3) is 54.5 Å². The van der Waals surface area contributed by atoms with E-state index in [1.807, 2.05) is 24.4 Å². The Morgan fingerprint density at radius 1 is 0.750 bits per heavy atom. The van der Waals surface area contributed by atoms with Crippen LogP contribution in [0.5, 0.6) is 0 Å². The predicted molar refractivity (Wildman–Crippen MR) is 130 cm³/mol. The van der Waals surface area contributed by atoms with Crippen LogP contribution in [0.1, 0.15) is 25.1 Å². The number of rotatable bonds is 0. The van der Waals surface area contributed by atoms with Crippen LogP contribution in [0.2, 0.25) is 0 Å². The molecule has 0 saturated heterocycles. The highest BCUT2D eigenvalue weighted by molar-refractivity contribution is 6.21. The molecule has 0 radical (unpaired) electrons. The number of fused-ring (bicyclic) bond motifs is 7. The summed E-state index contributed by atoms with van der Waals surface area (Å²) in [4.78, 5) is 9.95. The van der Waals surface area contributed by atoms with Crippen molar-refractivity contribution in [1.82, 2.24) is 9.97 Å². The van der Waals surface area contributed by atoms with E-state index in [0.717, 1.165) is 54.8 Å². The Bertz CT molecular complexity index is 1770. The molecule has 1 aliphatic rings. The van der Waals surface area contributed by atoms with Crippen LogP contribution in [-0.4, -0.2) is 9.97 Å². The predicted octanol–water partition coefficient (Wildman–Crippen LogP) is 7.53. The van der Waals surface area contributed by atoms with Crippen LogP contribution in [0.3, 0.4) is 0 Å². The highest BCUT2D eigenvalue weighted by Gasteiger charge is 2.36. The summed E-state index contributed by atoms with van der Waals surface area (Å²) < 4.78 is 14.2. The van der Waals surface area contributed by atoms with Gasteiger partial charge in [0, 0.05) is 27.9 Å².